The molecular weight excluding hydrogens is 350 g/mol. The van der Waals surface area contributed by atoms with Gasteiger partial charge in [0.15, 0.2) is 0 Å². The summed E-state index contributed by atoms with van der Waals surface area (Å²) in [6, 6.07) is 12.2. The third-order valence-corrected chi connectivity index (χ3v) is 5.49. The minimum atomic E-state index is -0.594. The van der Waals surface area contributed by atoms with Gasteiger partial charge in [0.25, 0.3) is 0 Å². The molecule has 0 bridgehead atoms. The van der Waals surface area contributed by atoms with Gasteiger partial charge in [-0.1, -0.05) is 38.1 Å². The van der Waals surface area contributed by atoms with Crippen LogP contribution in [0, 0.1) is 11.3 Å². The van der Waals surface area contributed by atoms with Gasteiger partial charge in [-0.15, -0.1) is 0 Å². The zero-order valence-electron chi connectivity index (χ0n) is 16.9. The molecule has 0 spiro atoms. The van der Waals surface area contributed by atoms with Crippen LogP contribution in [0.3, 0.4) is 0 Å². The lowest BCUT2D eigenvalue weighted by atomic mass is 9.78. The van der Waals surface area contributed by atoms with E-state index in [4.69, 9.17) is 0 Å². The number of likely N-dealkylation sites (tertiary alicyclic amines) is 1. The maximum absolute atomic E-state index is 13.2. The number of hydrogen-bond donors (Lipinski definition) is 1. The first-order valence-electron chi connectivity index (χ1n) is 9.93. The number of aromatic nitrogens is 1. The van der Waals surface area contributed by atoms with Crippen LogP contribution in [0.25, 0.3) is 11.1 Å². The van der Waals surface area contributed by atoms with E-state index in [0.29, 0.717) is 38.4 Å². The highest BCUT2D eigenvalue weighted by molar-refractivity contribution is 5.85. The van der Waals surface area contributed by atoms with Crippen LogP contribution in [0.4, 0.5) is 0 Å². The lowest BCUT2D eigenvalue weighted by Gasteiger charge is -2.29. The number of pyridine rings is 1. The Balaban J connectivity index is 1.93. The maximum atomic E-state index is 13.2. The van der Waals surface area contributed by atoms with Gasteiger partial charge in [-0.2, -0.15) is 0 Å². The molecule has 2 aromatic rings. The molecule has 0 aliphatic carbocycles. The van der Waals surface area contributed by atoms with Crippen molar-refractivity contribution in [2.45, 2.75) is 33.6 Å². The predicted molar refractivity (Wildman–Crippen MR) is 111 cm³/mol. The van der Waals surface area contributed by atoms with Crippen LogP contribution < -0.4 is 5.32 Å². The van der Waals surface area contributed by atoms with E-state index >= 15 is 0 Å². The van der Waals surface area contributed by atoms with Crippen LogP contribution in [0.5, 0.6) is 0 Å². The summed E-state index contributed by atoms with van der Waals surface area (Å²) >= 11 is 0. The minimum Gasteiger partial charge on any atom is -0.355 e. The van der Waals surface area contributed by atoms with Crippen molar-refractivity contribution in [3.05, 3.63) is 54.4 Å². The van der Waals surface area contributed by atoms with Crippen molar-refractivity contribution in [3.63, 3.8) is 0 Å². The van der Waals surface area contributed by atoms with E-state index in [1.54, 1.807) is 24.2 Å². The van der Waals surface area contributed by atoms with Crippen molar-refractivity contribution >= 4 is 11.8 Å². The summed E-state index contributed by atoms with van der Waals surface area (Å²) in [4.78, 5) is 31.1. The lowest BCUT2D eigenvalue weighted by Crippen LogP contribution is -2.46. The van der Waals surface area contributed by atoms with Gasteiger partial charge in [-0.05, 0) is 47.6 Å². The van der Waals surface area contributed by atoms with E-state index in [-0.39, 0.29) is 11.8 Å². The molecule has 28 heavy (non-hydrogen) atoms. The molecule has 2 heterocycles. The van der Waals surface area contributed by atoms with Crippen molar-refractivity contribution in [2.75, 3.05) is 19.6 Å². The Bertz CT molecular complexity index is 835. The van der Waals surface area contributed by atoms with Gasteiger partial charge in [-0.25, -0.2) is 0 Å². The highest BCUT2D eigenvalue weighted by Gasteiger charge is 2.45. The molecule has 1 atom stereocenters. The summed E-state index contributed by atoms with van der Waals surface area (Å²) in [6.07, 6.45) is 4.86. The molecule has 1 aliphatic rings. The molecule has 5 heteroatoms. The number of carbonyl (C=O) groups excluding carboxylic acids is 2. The topological polar surface area (TPSA) is 62.3 Å². The summed E-state index contributed by atoms with van der Waals surface area (Å²) in [7, 11) is 0. The highest BCUT2D eigenvalue weighted by atomic mass is 16.2. The molecule has 2 amide bonds. The molecule has 148 valence electrons. The molecule has 1 aromatic carbocycles. The Morgan fingerprint density at radius 3 is 2.54 bits per heavy atom. The second-order valence-corrected chi connectivity index (χ2v) is 8.14. The molecule has 1 N–H and O–H groups in total. The Labute approximate surface area is 167 Å². The summed E-state index contributed by atoms with van der Waals surface area (Å²) < 4.78 is 0. The molecular formula is C23H29N3O2. The molecule has 1 saturated heterocycles. The summed E-state index contributed by atoms with van der Waals surface area (Å²) in [6.45, 7) is 7.49. The maximum Gasteiger partial charge on any atom is 0.228 e. The second-order valence-electron chi connectivity index (χ2n) is 8.14. The first-order chi connectivity index (χ1) is 13.4. The molecule has 1 aromatic heterocycles. The summed E-state index contributed by atoms with van der Waals surface area (Å²) in [5.74, 6) is 0.464. The average Bonchev–Trinajstić information content (AvgIpc) is 3.13. The smallest absolute Gasteiger partial charge is 0.228 e. The first-order valence-corrected chi connectivity index (χ1v) is 9.93. The first kappa shape index (κ1) is 20.1. The number of hydrogen-bond acceptors (Lipinski definition) is 3. The fraction of sp³-hybridized carbons (Fsp3) is 0.435. The van der Waals surface area contributed by atoms with E-state index < -0.39 is 5.41 Å². The number of carbonyl (C=O) groups is 2. The Morgan fingerprint density at radius 1 is 1.18 bits per heavy atom. The van der Waals surface area contributed by atoms with E-state index in [1.807, 2.05) is 24.3 Å². The predicted octanol–water partition coefficient (Wildman–Crippen LogP) is 3.30. The third kappa shape index (κ3) is 4.41. The van der Waals surface area contributed by atoms with Crippen molar-refractivity contribution in [1.82, 2.24) is 15.2 Å². The van der Waals surface area contributed by atoms with Crippen molar-refractivity contribution in [3.8, 4) is 11.1 Å². The number of rotatable bonds is 6. The van der Waals surface area contributed by atoms with Crippen LogP contribution in [-0.4, -0.2) is 41.3 Å². The summed E-state index contributed by atoms with van der Waals surface area (Å²) in [5.41, 5.74) is 2.73. The Kier molecular flexibility index (Phi) is 6.12. The molecule has 3 rings (SSSR count). The number of benzene rings is 1. The molecule has 0 radical (unpaired) electrons. The average molecular weight is 380 g/mol. The zero-order valence-corrected chi connectivity index (χ0v) is 16.9. The van der Waals surface area contributed by atoms with Crippen molar-refractivity contribution in [1.29, 1.82) is 0 Å². The fourth-order valence-electron chi connectivity index (χ4n) is 3.89. The standard InChI is InChI=1S/C23H29N3O2/c1-17(2)15-25-22(28)23(10-13-26(16-23)18(3)27)14-20-6-4-5-7-21(20)19-8-11-24-12-9-19/h4-9,11-12,17H,10,13-16H2,1-3H3,(H,25,28)/t23-/m0/s1. The van der Waals surface area contributed by atoms with Gasteiger partial charge in [0, 0.05) is 39.0 Å². The largest absolute Gasteiger partial charge is 0.355 e. The Hall–Kier alpha value is -2.69. The fourth-order valence-corrected chi connectivity index (χ4v) is 3.89. The van der Waals surface area contributed by atoms with E-state index in [9.17, 15) is 9.59 Å². The quantitative estimate of drug-likeness (QED) is 0.838. The SMILES string of the molecule is CC(=O)N1CC[C@@](Cc2ccccc2-c2ccncc2)(C(=O)NCC(C)C)C1. The van der Waals surface area contributed by atoms with Crippen LogP contribution in [0.15, 0.2) is 48.8 Å². The molecule has 1 aliphatic heterocycles. The third-order valence-electron chi connectivity index (χ3n) is 5.49. The number of nitrogens with zero attached hydrogens (tertiary/aromatic N) is 2. The van der Waals surface area contributed by atoms with Crippen LogP contribution in [-0.2, 0) is 16.0 Å². The second kappa shape index (κ2) is 8.55. The molecule has 5 nitrogen and oxygen atoms in total. The van der Waals surface area contributed by atoms with Crippen molar-refractivity contribution in [2.24, 2.45) is 11.3 Å². The van der Waals surface area contributed by atoms with Crippen LogP contribution in [0.2, 0.25) is 0 Å². The Morgan fingerprint density at radius 2 is 1.89 bits per heavy atom. The molecule has 0 unspecified atom stereocenters. The van der Waals surface area contributed by atoms with Crippen LogP contribution in [0.1, 0.15) is 32.8 Å². The number of nitrogens with one attached hydrogen (secondary N) is 1. The number of amides is 2. The molecule has 0 saturated carbocycles. The highest BCUT2D eigenvalue weighted by Crippen LogP contribution is 2.37. The zero-order chi connectivity index (χ0) is 20.1. The monoisotopic (exact) mass is 379 g/mol. The van der Waals surface area contributed by atoms with E-state index in [2.05, 4.69) is 36.3 Å². The molecule has 1 fully saturated rings. The normalized spacial score (nSPS) is 19.1. The lowest BCUT2D eigenvalue weighted by molar-refractivity contribution is -0.132. The van der Waals surface area contributed by atoms with E-state index in [0.717, 1.165) is 16.7 Å². The van der Waals surface area contributed by atoms with Gasteiger partial charge in [0.2, 0.25) is 11.8 Å². The van der Waals surface area contributed by atoms with Gasteiger partial charge in [0.1, 0.15) is 0 Å². The van der Waals surface area contributed by atoms with E-state index in [1.165, 1.54) is 0 Å². The van der Waals surface area contributed by atoms with Gasteiger partial charge in [0.05, 0.1) is 5.41 Å². The van der Waals surface area contributed by atoms with Gasteiger partial charge in [-0.3, -0.25) is 14.6 Å². The van der Waals surface area contributed by atoms with Gasteiger partial charge >= 0.3 is 0 Å². The summed E-state index contributed by atoms with van der Waals surface area (Å²) in [5, 5.41) is 3.12. The minimum absolute atomic E-state index is 0.0287. The van der Waals surface area contributed by atoms with Gasteiger partial charge < -0.3 is 10.2 Å². The van der Waals surface area contributed by atoms with Crippen LogP contribution >= 0.6 is 0 Å². The van der Waals surface area contributed by atoms with Crippen molar-refractivity contribution < 1.29 is 9.59 Å².